The summed E-state index contributed by atoms with van der Waals surface area (Å²) in [6, 6.07) is 11.0. The first-order chi connectivity index (χ1) is 10.2. The lowest BCUT2D eigenvalue weighted by Gasteiger charge is -2.12. The Hall–Kier alpha value is -2.01. The van der Waals surface area contributed by atoms with Gasteiger partial charge in [-0.25, -0.2) is 0 Å². The fraction of sp³-hybridized carbons (Fsp3) is 0.188. The molecule has 0 saturated heterocycles. The van der Waals surface area contributed by atoms with Gasteiger partial charge in [0.15, 0.2) is 17.8 Å². The van der Waals surface area contributed by atoms with Crippen LogP contribution in [0.2, 0.25) is 0 Å². The molecule has 0 fully saturated rings. The molecule has 0 spiro atoms. The number of halogens is 1. The zero-order valence-electron chi connectivity index (χ0n) is 11.8. The molecule has 5 heteroatoms. The smallest absolute Gasteiger partial charge is 0.162 e. The molecule has 0 saturated carbocycles. The number of rotatable bonds is 6. The summed E-state index contributed by atoms with van der Waals surface area (Å²) in [6.07, 6.45) is 0.766. The van der Waals surface area contributed by atoms with Gasteiger partial charge in [-0.15, -0.1) is 0 Å². The first-order valence-electron chi connectivity index (χ1n) is 6.26. The monoisotopic (exact) mass is 350 g/mol. The summed E-state index contributed by atoms with van der Waals surface area (Å²) in [5, 5.41) is 0. The van der Waals surface area contributed by atoms with Gasteiger partial charge in [0.2, 0.25) is 0 Å². The van der Waals surface area contributed by atoms with Crippen LogP contribution in [0.4, 0.5) is 0 Å². The standard InChI is InChI=1S/C16H15BrO4/c1-19-13-5-3-4-11(6-13)10-21-16-7-12(9-18)14(17)8-15(16)20-2/h3-9H,10H2,1-2H3. The van der Waals surface area contributed by atoms with Gasteiger partial charge in [0.25, 0.3) is 0 Å². The van der Waals surface area contributed by atoms with Crippen molar-refractivity contribution in [2.75, 3.05) is 14.2 Å². The highest BCUT2D eigenvalue weighted by Crippen LogP contribution is 2.33. The van der Waals surface area contributed by atoms with Crippen LogP contribution in [0.5, 0.6) is 17.2 Å². The number of ether oxygens (including phenoxy) is 3. The van der Waals surface area contributed by atoms with Gasteiger partial charge in [0.1, 0.15) is 12.4 Å². The molecule has 4 nitrogen and oxygen atoms in total. The number of hydrogen-bond donors (Lipinski definition) is 0. The third-order valence-corrected chi connectivity index (χ3v) is 3.63. The molecular weight excluding hydrogens is 336 g/mol. The average Bonchev–Trinajstić information content (AvgIpc) is 2.53. The lowest BCUT2D eigenvalue weighted by molar-refractivity contribution is 0.112. The Labute approximate surface area is 131 Å². The van der Waals surface area contributed by atoms with Crippen LogP contribution in [0.25, 0.3) is 0 Å². The fourth-order valence-corrected chi connectivity index (χ4v) is 2.25. The molecule has 0 radical (unpaired) electrons. The van der Waals surface area contributed by atoms with E-state index in [0.29, 0.717) is 28.1 Å². The highest BCUT2D eigenvalue weighted by molar-refractivity contribution is 9.10. The Balaban J connectivity index is 2.20. The van der Waals surface area contributed by atoms with Crippen molar-refractivity contribution in [1.29, 1.82) is 0 Å². The summed E-state index contributed by atoms with van der Waals surface area (Å²) in [6.45, 7) is 0.355. The molecule has 0 aliphatic rings. The maximum absolute atomic E-state index is 11.0. The molecule has 2 aromatic carbocycles. The third-order valence-electron chi connectivity index (χ3n) is 2.94. The van der Waals surface area contributed by atoms with E-state index in [1.54, 1.807) is 26.4 Å². The van der Waals surface area contributed by atoms with Crippen LogP contribution < -0.4 is 14.2 Å². The van der Waals surface area contributed by atoms with E-state index in [-0.39, 0.29) is 0 Å². The fourth-order valence-electron chi connectivity index (χ4n) is 1.84. The Bertz CT molecular complexity index is 640. The van der Waals surface area contributed by atoms with E-state index >= 15 is 0 Å². The third kappa shape index (κ3) is 3.76. The summed E-state index contributed by atoms with van der Waals surface area (Å²) < 4.78 is 16.9. The van der Waals surface area contributed by atoms with E-state index in [9.17, 15) is 4.79 Å². The minimum atomic E-state index is 0.355. The average molecular weight is 351 g/mol. The molecule has 0 N–H and O–H groups in total. The predicted octanol–water partition coefficient (Wildman–Crippen LogP) is 3.86. The van der Waals surface area contributed by atoms with Gasteiger partial charge in [-0.2, -0.15) is 0 Å². The van der Waals surface area contributed by atoms with Crippen LogP contribution in [-0.4, -0.2) is 20.5 Å². The van der Waals surface area contributed by atoms with Crippen molar-refractivity contribution >= 4 is 22.2 Å². The van der Waals surface area contributed by atoms with Crippen molar-refractivity contribution in [3.8, 4) is 17.2 Å². The number of carbonyl (C=O) groups is 1. The van der Waals surface area contributed by atoms with Crippen LogP contribution >= 0.6 is 15.9 Å². The summed E-state index contributed by atoms with van der Waals surface area (Å²) in [5.41, 5.74) is 1.48. The van der Waals surface area contributed by atoms with Crippen molar-refractivity contribution in [3.05, 3.63) is 52.0 Å². The first-order valence-corrected chi connectivity index (χ1v) is 7.05. The molecule has 0 unspecified atom stereocenters. The summed E-state index contributed by atoms with van der Waals surface area (Å²) in [5.74, 6) is 1.86. The number of hydrogen-bond acceptors (Lipinski definition) is 4. The van der Waals surface area contributed by atoms with Crippen LogP contribution in [0.3, 0.4) is 0 Å². The molecule has 0 bridgehead atoms. The lowest BCUT2D eigenvalue weighted by Crippen LogP contribution is -1.99. The first kappa shape index (κ1) is 15.4. The Morgan fingerprint density at radius 1 is 1.10 bits per heavy atom. The predicted molar refractivity (Wildman–Crippen MR) is 83.4 cm³/mol. The molecule has 2 aromatic rings. The summed E-state index contributed by atoms with van der Waals surface area (Å²) in [4.78, 5) is 11.0. The van der Waals surface area contributed by atoms with Gasteiger partial charge in [0.05, 0.1) is 14.2 Å². The molecule has 110 valence electrons. The molecule has 0 aliphatic carbocycles. The van der Waals surface area contributed by atoms with Crippen LogP contribution in [0, 0.1) is 0 Å². The number of aldehydes is 1. The van der Waals surface area contributed by atoms with Crippen molar-refractivity contribution in [2.45, 2.75) is 6.61 Å². The van der Waals surface area contributed by atoms with E-state index in [0.717, 1.165) is 17.6 Å². The van der Waals surface area contributed by atoms with Crippen molar-refractivity contribution in [2.24, 2.45) is 0 Å². The second kappa shape index (κ2) is 7.13. The maximum atomic E-state index is 11.0. The molecule has 0 heterocycles. The molecule has 0 amide bonds. The van der Waals surface area contributed by atoms with E-state index in [1.165, 1.54) is 0 Å². The van der Waals surface area contributed by atoms with E-state index in [1.807, 2.05) is 24.3 Å². The second-order valence-corrected chi connectivity index (χ2v) is 5.14. The van der Waals surface area contributed by atoms with Crippen molar-refractivity contribution < 1.29 is 19.0 Å². The lowest BCUT2D eigenvalue weighted by atomic mass is 10.2. The van der Waals surface area contributed by atoms with Crippen molar-refractivity contribution in [1.82, 2.24) is 0 Å². The molecule has 21 heavy (non-hydrogen) atoms. The molecule has 0 aromatic heterocycles. The highest BCUT2D eigenvalue weighted by atomic mass is 79.9. The zero-order valence-corrected chi connectivity index (χ0v) is 13.3. The Morgan fingerprint density at radius 3 is 2.57 bits per heavy atom. The maximum Gasteiger partial charge on any atom is 0.162 e. The van der Waals surface area contributed by atoms with E-state index in [2.05, 4.69) is 15.9 Å². The minimum Gasteiger partial charge on any atom is -0.497 e. The quantitative estimate of drug-likeness (QED) is 0.742. The zero-order chi connectivity index (χ0) is 15.2. The molecule has 0 aliphatic heterocycles. The van der Waals surface area contributed by atoms with Crippen LogP contribution in [0.15, 0.2) is 40.9 Å². The molecular formula is C16H15BrO4. The Morgan fingerprint density at radius 2 is 1.90 bits per heavy atom. The normalized spacial score (nSPS) is 10.0. The number of benzene rings is 2. The van der Waals surface area contributed by atoms with Gasteiger partial charge in [0, 0.05) is 10.0 Å². The summed E-state index contributed by atoms with van der Waals surface area (Å²) >= 11 is 3.31. The topological polar surface area (TPSA) is 44.8 Å². The summed E-state index contributed by atoms with van der Waals surface area (Å²) in [7, 11) is 3.18. The van der Waals surface area contributed by atoms with Crippen LogP contribution in [0.1, 0.15) is 15.9 Å². The number of methoxy groups -OCH3 is 2. The molecule has 2 rings (SSSR count). The van der Waals surface area contributed by atoms with Gasteiger partial charge in [-0.1, -0.05) is 12.1 Å². The van der Waals surface area contributed by atoms with E-state index < -0.39 is 0 Å². The van der Waals surface area contributed by atoms with Gasteiger partial charge < -0.3 is 14.2 Å². The van der Waals surface area contributed by atoms with Gasteiger partial charge in [-0.05, 0) is 45.8 Å². The second-order valence-electron chi connectivity index (χ2n) is 4.28. The highest BCUT2D eigenvalue weighted by Gasteiger charge is 2.10. The van der Waals surface area contributed by atoms with Gasteiger partial charge >= 0.3 is 0 Å². The minimum absolute atomic E-state index is 0.355. The Kier molecular flexibility index (Phi) is 5.22. The van der Waals surface area contributed by atoms with E-state index in [4.69, 9.17) is 14.2 Å². The molecule has 0 atom stereocenters. The van der Waals surface area contributed by atoms with Gasteiger partial charge in [-0.3, -0.25) is 4.79 Å². The number of carbonyl (C=O) groups excluding carboxylic acids is 1. The van der Waals surface area contributed by atoms with Crippen molar-refractivity contribution in [3.63, 3.8) is 0 Å². The van der Waals surface area contributed by atoms with Crippen LogP contribution in [-0.2, 0) is 6.61 Å². The largest absolute Gasteiger partial charge is 0.497 e. The SMILES string of the molecule is COc1cccc(COc2cc(C=O)c(Br)cc2OC)c1.